The highest BCUT2D eigenvalue weighted by molar-refractivity contribution is 5.78. The van der Waals surface area contributed by atoms with Crippen molar-refractivity contribution >= 4 is 40.1 Å². The van der Waals surface area contributed by atoms with E-state index in [-0.39, 0.29) is 12.5 Å². The molecule has 0 saturated heterocycles. The number of nitrogens with zero attached hydrogens (tertiary/aromatic N) is 2. The van der Waals surface area contributed by atoms with Crippen LogP contribution in [0.3, 0.4) is 0 Å². The molecule has 2 heterocycles. The van der Waals surface area contributed by atoms with Crippen molar-refractivity contribution in [2.45, 2.75) is 33.3 Å². The molecule has 4 rings (SSSR count). The van der Waals surface area contributed by atoms with Gasteiger partial charge in [-0.25, -0.2) is 9.78 Å². The molecule has 0 radical (unpaired) electrons. The lowest BCUT2D eigenvalue weighted by molar-refractivity contribution is -0.119. The van der Waals surface area contributed by atoms with Crippen LogP contribution in [0.25, 0.3) is 11.1 Å². The maximum Gasteiger partial charge on any atom is 0.417 e. The van der Waals surface area contributed by atoms with Crippen molar-refractivity contribution in [3.63, 3.8) is 0 Å². The second-order valence-electron chi connectivity index (χ2n) is 7.78. The van der Waals surface area contributed by atoms with Crippen molar-refractivity contribution in [2.75, 3.05) is 10.6 Å². The summed E-state index contributed by atoms with van der Waals surface area (Å²) < 4.78 is 10.9. The Hall–Kier alpha value is -4.34. The minimum Gasteiger partial charge on any atom is -0.490 e. The first-order valence-corrected chi connectivity index (χ1v) is 10.3. The van der Waals surface area contributed by atoms with Crippen molar-refractivity contribution < 1.29 is 13.9 Å². The van der Waals surface area contributed by atoms with Gasteiger partial charge in [-0.1, -0.05) is 6.07 Å². The molecule has 2 aromatic carbocycles. The molecule has 1 amide bonds. The minimum atomic E-state index is -0.502. The number of aryl methyl sites for hydroxylation is 2. The summed E-state index contributed by atoms with van der Waals surface area (Å²) in [5.74, 6) is 0.719. The Bertz CT molecular complexity index is 1380. The summed E-state index contributed by atoms with van der Waals surface area (Å²) in [5, 5.41) is 6.42. The van der Waals surface area contributed by atoms with Gasteiger partial charge in [-0.2, -0.15) is 4.98 Å². The number of amides is 1. The van der Waals surface area contributed by atoms with Gasteiger partial charge in [-0.05, 0) is 50.6 Å². The number of carbonyl (C=O) groups is 1. The van der Waals surface area contributed by atoms with Crippen molar-refractivity contribution in [3.8, 4) is 5.75 Å². The third-order valence-electron chi connectivity index (χ3n) is 4.91. The number of benzene rings is 2. The smallest absolute Gasteiger partial charge is 0.417 e. The number of rotatable bonds is 8. The highest BCUT2D eigenvalue weighted by Gasteiger charge is 2.12. The Morgan fingerprint density at radius 2 is 1.91 bits per heavy atom. The first kappa shape index (κ1) is 21.9. The summed E-state index contributed by atoms with van der Waals surface area (Å²) in [4.78, 5) is 34.1. The zero-order valence-electron chi connectivity index (χ0n) is 18.4. The van der Waals surface area contributed by atoms with Crippen LogP contribution < -0.4 is 26.9 Å². The molecule has 5 N–H and O–H groups in total. The molecular formula is C23H24N6O4. The SMILES string of the molecule is Cc1ccc(Nc2ncc(C)c(Nc3ccc4oc(=O)[nH]c4c3)n2)cc1OC(C)CC(N)=O. The van der Waals surface area contributed by atoms with Crippen molar-refractivity contribution in [1.29, 1.82) is 0 Å². The van der Waals surface area contributed by atoms with Crippen LogP contribution in [0.2, 0.25) is 0 Å². The lowest BCUT2D eigenvalue weighted by atomic mass is 10.2. The normalized spacial score (nSPS) is 11.8. The van der Waals surface area contributed by atoms with Gasteiger partial charge in [0.25, 0.3) is 0 Å². The van der Waals surface area contributed by atoms with Crippen molar-refractivity contribution in [3.05, 3.63) is 64.3 Å². The van der Waals surface area contributed by atoms with E-state index in [1.807, 2.05) is 32.0 Å². The molecule has 0 aliphatic carbocycles. The zero-order chi connectivity index (χ0) is 23.5. The molecule has 170 valence electrons. The van der Waals surface area contributed by atoms with E-state index in [2.05, 4.69) is 25.6 Å². The Morgan fingerprint density at radius 3 is 2.70 bits per heavy atom. The lowest BCUT2D eigenvalue weighted by Gasteiger charge is -2.16. The number of anilines is 4. The van der Waals surface area contributed by atoms with Crippen molar-refractivity contribution in [1.82, 2.24) is 15.0 Å². The van der Waals surface area contributed by atoms with E-state index >= 15 is 0 Å². The number of fused-ring (bicyclic) bond motifs is 1. The zero-order valence-corrected chi connectivity index (χ0v) is 18.4. The summed E-state index contributed by atoms with van der Waals surface area (Å²) in [6.45, 7) is 5.61. The minimum absolute atomic E-state index is 0.131. The van der Waals surface area contributed by atoms with Gasteiger partial charge in [0.2, 0.25) is 11.9 Å². The topological polar surface area (TPSA) is 148 Å². The van der Waals surface area contributed by atoms with Crippen LogP contribution in [-0.4, -0.2) is 27.0 Å². The van der Waals surface area contributed by atoms with E-state index in [9.17, 15) is 9.59 Å². The fourth-order valence-electron chi connectivity index (χ4n) is 3.27. The fraction of sp³-hybridized carbons (Fsp3) is 0.217. The van der Waals surface area contributed by atoms with Crippen LogP contribution in [0.15, 0.2) is 51.8 Å². The maximum absolute atomic E-state index is 11.4. The molecule has 1 unspecified atom stereocenters. The monoisotopic (exact) mass is 448 g/mol. The number of aromatic amines is 1. The summed E-state index contributed by atoms with van der Waals surface area (Å²) >= 11 is 0. The van der Waals surface area contributed by atoms with Gasteiger partial charge < -0.3 is 25.5 Å². The molecule has 0 aliphatic heterocycles. The van der Waals surface area contributed by atoms with E-state index in [0.717, 1.165) is 22.5 Å². The highest BCUT2D eigenvalue weighted by Crippen LogP contribution is 2.27. The second-order valence-corrected chi connectivity index (χ2v) is 7.78. The molecule has 4 aromatic rings. The molecular weight excluding hydrogens is 424 g/mol. The Labute approximate surface area is 189 Å². The van der Waals surface area contributed by atoms with E-state index in [4.69, 9.17) is 14.9 Å². The largest absolute Gasteiger partial charge is 0.490 e. The first-order valence-electron chi connectivity index (χ1n) is 10.3. The number of hydrogen-bond acceptors (Lipinski definition) is 8. The lowest BCUT2D eigenvalue weighted by Crippen LogP contribution is -2.22. The first-order chi connectivity index (χ1) is 15.8. The van der Waals surface area contributed by atoms with Gasteiger partial charge in [-0.3, -0.25) is 9.78 Å². The van der Waals surface area contributed by atoms with E-state index in [0.29, 0.717) is 28.6 Å². The van der Waals surface area contributed by atoms with E-state index in [1.165, 1.54) is 0 Å². The Morgan fingerprint density at radius 1 is 1.15 bits per heavy atom. The van der Waals surface area contributed by atoms with Crippen LogP contribution in [0.1, 0.15) is 24.5 Å². The number of primary amides is 1. The number of nitrogens with two attached hydrogens (primary N) is 1. The predicted octanol–water partition coefficient (Wildman–Crippen LogP) is 3.66. The number of carbonyl (C=O) groups excluding carboxylic acids is 1. The molecule has 1 atom stereocenters. The van der Waals surface area contributed by atoms with Gasteiger partial charge in [0.05, 0.1) is 11.9 Å². The highest BCUT2D eigenvalue weighted by atomic mass is 16.5. The molecule has 0 saturated carbocycles. The molecule has 0 spiro atoms. The molecule has 0 aliphatic rings. The number of aromatic nitrogens is 3. The number of oxazole rings is 1. The van der Waals surface area contributed by atoms with Gasteiger partial charge >= 0.3 is 5.76 Å². The number of nitrogens with one attached hydrogen (secondary N) is 3. The molecule has 10 nitrogen and oxygen atoms in total. The van der Waals surface area contributed by atoms with Crippen LogP contribution >= 0.6 is 0 Å². The predicted molar refractivity (Wildman–Crippen MR) is 125 cm³/mol. The Kier molecular flexibility index (Phi) is 5.99. The molecule has 2 aromatic heterocycles. The summed E-state index contributed by atoms with van der Waals surface area (Å²) in [6, 6.07) is 10.9. The summed E-state index contributed by atoms with van der Waals surface area (Å²) in [6.07, 6.45) is 1.49. The number of H-pyrrole nitrogens is 1. The molecule has 0 bridgehead atoms. The van der Waals surface area contributed by atoms with Crippen LogP contribution in [0.4, 0.5) is 23.1 Å². The summed E-state index contributed by atoms with van der Waals surface area (Å²) in [5.41, 5.74) is 9.56. The molecule has 0 fully saturated rings. The summed E-state index contributed by atoms with van der Waals surface area (Å²) in [7, 11) is 0. The standard InChI is InChI=1S/C23H24N6O4/c1-12-4-5-16(10-19(12)32-14(3)8-20(24)30)27-22-25-11-13(2)21(29-22)26-15-6-7-18-17(9-15)28-23(31)33-18/h4-7,9-11,14H,8H2,1-3H3,(H2,24,30)(H,28,31)(H2,25,26,27,29). The fourth-order valence-corrected chi connectivity index (χ4v) is 3.27. The van der Waals surface area contributed by atoms with Crippen molar-refractivity contribution in [2.24, 2.45) is 5.73 Å². The third kappa shape index (κ3) is 5.29. The van der Waals surface area contributed by atoms with Gasteiger partial charge in [-0.15, -0.1) is 0 Å². The second kappa shape index (κ2) is 9.03. The van der Waals surface area contributed by atoms with Gasteiger partial charge in [0, 0.05) is 29.2 Å². The Balaban J connectivity index is 1.53. The average Bonchev–Trinajstić information content (AvgIpc) is 3.11. The van der Waals surface area contributed by atoms with Gasteiger partial charge in [0.15, 0.2) is 5.58 Å². The third-order valence-corrected chi connectivity index (χ3v) is 4.91. The number of hydrogen-bond donors (Lipinski definition) is 4. The van der Waals surface area contributed by atoms with Gasteiger partial charge in [0.1, 0.15) is 17.7 Å². The van der Waals surface area contributed by atoms with Crippen LogP contribution in [-0.2, 0) is 4.79 Å². The number of ether oxygens (including phenoxy) is 1. The molecule has 10 heteroatoms. The average molecular weight is 448 g/mol. The van der Waals surface area contributed by atoms with E-state index < -0.39 is 11.7 Å². The maximum atomic E-state index is 11.4. The van der Waals surface area contributed by atoms with Crippen LogP contribution in [0, 0.1) is 13.8 Å². The quantitative estimate of drug-likeness (QED) is 0.319. The van der Waals surface area contributed by atoms with E-state index in [1.54, 1.807) is 31.3 Å². The van der Waals surface area contributed by atoms with Crippen LogP contribution in [0.5, 0.6) is 5.75 Å². The molecule has 33 heavy (non-hydrogen) atoms.